The first-order valence-corrected chi connectivity index (χ1v) is 9.00. The van der Waals surface area contributed by atoms with E-state index in [1.165, 1.54) is 0 Å². The lowest BCUT2D eigenvalue weighted by Crippen LogP contribution is -2.36. The molecular weight excluding hydrogens is 358 g/mol. The lowest BCUT2D eigenvalue weighted by molar-refractivity contribution is -0.145. The topological polar surface area (TPSA) is 73.9 Å². The lowest BCUT2D eigenvalue weighted by Gasteiger charge is -2.26. The Bertz CT molecular complexity index is 1020. The Morgan fingerprint density at radius 1 is 0.964 bits per heavy atom. The van der Waals surface area contributed by atoms with E-state index >= 15 is 0 Å². The molecule has 0 fully saturated rings. The lowest BCUT2D eigenvalue weighted by atomic mass is 10.1. The Labute approximate surface area is 162 Å². The maximum absolute atomic E-state index is 12.3. The molecule has 3 aromatic carbocycles. The zero-order chi connectivity index (χ0) is 19.3. The highest BCUT2D eigenvalue weighted by Gasteiger charge is 2.22. The maximum Gasteiger partial charge on any atom is 0.325 e. The second-order valence-electron chi connectivity index (χ2n) is 6.43. The van der Waals surface area contributed by atoms with Crippen molar-refractivity contribution in [3.8, 4) is 11.5 Å². The molecule has 1 atom stereocenters. The van der Waals surface area contributed by atoms with Crippen LogP contribution in [0.5, 0.6) is 11.5 Å². The van der Waals surface area contributed by atoms with E-state index < -0.39 is 5.97 Å². The molecular formula is C22H19NO5. The number of benzene rings is 3. The van der Waals surface area contributed by atoms with Gasteiger partial charge in [-0.2, -0.15) is 0 Å². The third kappa shape index (κ3) is 4.06. The van der Waals surface area contributed by atoms with E-state index in [-0.39, 0.29) is 25.2 Å². The van der Waals surface area contributed by atoms with Crippen LogP contribution in [-0.4, -0.2) is 37.7 Å². The van der Waals surface area contributed by atoms with Gasteiger partial charge in [-0.25, -0.2) is 0 Å². The first-order chi connectivity index (χ1) is 13.7. The minimum Gasteiger partial charge on any atom is -0.486 e. The van der Waals surface area contributed by atoms with Gasteiger partial charge in [-0.3, -0.25) is 9.59 Å². The maximum atomic E-state index is 12.3. The standard InChI is InChI=1S/C22H19NO5/c24-21(27-14-18-13-26-19-7-3-4-8-20(19)28-18)12-23-22(25)17-10-9-15-5-1-2-6-16(15)11-17/h1-11,18H,12-14H2,(H,23,25). The summed E-state index contributed by atoms with van der Waals surface area (Å²) < 4.78 is 16.5. The zero-order valence-electron chi connectivity index (χ0n) is 15.1. The Morgan fingerprint density at radius 2 is 1.71 bits per heavy atom. The third-order valence-corrected chi connectivity index (χ3v) is 4.40. The second kappa shape index (κ2) is 8.00. The van der Waals surface area contributed by atoms with Gasteiger partial charge in [0.1, 0.15) is 19.8 Å². The summed E-state index contributed by atoms with van der Waals surface area (Å²) in [5.41, 5.74) is 0.493. The fourth-order valence-electron chi connectivity index (χ4n) is 2.97. The van der Waals surface area contributed by atoms with Crippen LogP contribution in [0.4, 0.5) is 0 Å². The second-order valence-corrected chi connectivity index (χ2v) is 6.43. The molecule has 1 aliphatic rings. The van der Waals surface area contributed by atoms with E-state index in [0.29, 0.717) is 23.7 Å². The minimum absolute atomic E-state index is 0.0546. The van der Waals surface area contributed by atoms with Gasteiger partial charge in [-0.15, -0.1) is 0 Å². The molecule has 1 unspecified atom stereocenters. The Morgan fingerprint density at radius 3 is 2.57 bits per heavy atom. The van der Waals surface area contributed by atoms with Crippen LogP contribution in [0.2, 0.25) is 0 Å². The highest BCUT2D eigenvalue weighted by molar-refractivity contribution is 5.99. The molecule has 0 saturated carbocycles. The molecule has 1 aliphatic heterocycles. The van der Waals surface area contributed by atoms with Crippen molar-refractivity contribution < 1.29 is 23.8 Å². The van der Waals surface area contributed by atoms with Crippen LogP contribution in [0, 0.1) is 0 Å². The van der Waals surface area contributed by atoms with Crippen LogP contribution in [0.25, 0.3) is 10.8 Å². The molecule has 1 amide bonds. The van der Waals surface area contributed by atoms with Crippen molar-refractivity contribution in [3.05, 3.63) is 72.3 Å². The molecule has 142 valence electrons. The van der Waals surface area contributed by atoms with Crippen molar-refractivity contribution in [1.82, 2.24) is 5.32 Å². The summed E-state index contributed by atoms with van der Waals surface area (Å²) in [6.07, 6.45) is -0.380. The number of ether oxygens (including phenoxy) is 3. The number of hydrogen-bond donors (Lipinski definition) is 1. The zero-order valence-corrected chi connectivity index (χ0v) is 15.1. The summed E-state index contributed by atoms with van der Waals surface area (Å²) in [6.45, 7) is 0.141. The summed E-state index contributed by atoms with van der Waals surface area (Å²) in [4.78, 5) is 24.2. The average molecular weight is 377 g/mol. The van der Waals surface area contributed by atoms with Crippen molar-refractivity contribution in [2.45, 2.75) is 6.10 Å². The molecule has 1 N–H and O–H groups in total. The van der Waals surface area contributed by atoms with Gasteiger partial charge >= 0.3 is 5.97 Å². The fourth-order valence-corrected chi connectivity index (χ4v) is 2.97. The van der Waals surface area contributed by atoms with Crippen LogP contribution in [0.3, 0.4) is 0 Å². The summed E-state index contributed by atoms with van der Waals surface area (Å²) in [5.74, 6) is 0.442. The largest absolute Gasteiger partial charge is 0.486 e. The van der Waals surface area contributed by atoms with E-state index in [1.807, 2.05) is 48.5 Å². The van der Waals surface area contributed by atoms with Gasteiger partial charge < -0.3 is 19.5 Å². The predicted molar refractivity (Wildman–Crippen MR) is 104 cm³/mol. The van der Waals surface area contributed by atoms with E-state index in [9.17, 15) is 9.59 Å². The van der Waals surface area contributed by atoms with Crippen molar-refractivity contribution in [3.63, 3.8) is 0 Å². The highest BCUT2D eigenvalue weighted by Crippen LogP contribution is 2.30. The van der Waals surface area contributed by atoms with Gasteiger partial charge in [0.25, 0.3) is 5.91 Å². The van der Waals surface area contributed by atoms with Gasteiger partial charge in [-0.05, 0) is 35.0 Å². The van der Waals surface area contributed by atoms with Crippen molar-refractivity contribution in [2.24, 2.45) is 0 Å². The fraction of sp³-hybridized carbons (Fsp3) is 0.182. The van der Waals surface area contributed by atoms with Crippen molar-refractivity contribution in [2.75, 3.05) is 19.8 Å². The van der Waals surface area contributed by atoms with Crippen LogP contribution in [-0.2, 0) is 9.53 Å². The summed E-state index contributed by atoms with van der Waals surface area (Å²) in [6, 6.07) is 20.5. The SMILES string of the molecule is O=C(CNC(=O)c1ccc2ccccc2c1)OCC1COc2ccccc2O1. The van der Waals surface area contributed by atoms with Crippen molar-refractivity contribution in [1.29, 1.82) is 0 Å². The van der Waals surface area contributed by atoms with Gasteiger partial charge in [0.05, 0.1) is 0 Å². The van der Waals surface area contributed by atoms with E-state index in [4.69, 9.17) is 14.2 Å². The van der Waals surface area contributed by atoms with Crippen LogP contribution < -0.4 is 14.8 Å². The molecule has 3 aromatic rings. The first-order valence-electron chi connectivity index (χ1n) is 9.00. The Balaban J connectivity index is 1.25. The Hall–Kier alpha value is -3.54. The average Bonchev–Trinajstić information content (AvgIpc) is 2.75. The Kier molecular flexibility index (Phi) is 5.10. The molecule has 6 heteroatoms. The normalized spacial score (nSPS) is 15.1. The number of para-hydroxylation sites is 2. The van der Waals surface area contributed by atoms with Crippen LogP contribution in [0.15, 0.2) is 66.7 Å². The monoisotopic (exact) mass is 377 g/mol. The molecule has 28 heavy (non-hydrogen) atoms. The highest BCUT2D eigenvalue weighted by atomic mass is 16.6. The number of fused-ring (bicyclic) bond motifs is 2. The number of hydrogen-bond acceptors (Lipinski definition) is 5. The summed E-state index contributed by atoms with van der Waals surface area (Å²) in [7, 11) is 0. The van der Waals surface area contributed by atoms with Crippen LogP contribution in [0.1, 0.15) is 10.4 Å². The number of amides is 1. The summed E-state index contributed by atoms with van der Waals surface area (Å²) in [5, 5.41) is 4.60. The number of carbonyl (C=O) groups is 2. The van der Waals surface area contributed by atoms with E-state index in [0.717, 1.165) is 10.8 Å². The third-order valence-electron chi connectivity index (χ3n) is 4.40. The summed E-state index contributed by atoms with van der Waals surface area (Å²) >= 11 is 0. The number of esters is 1. The van der Waals surface area contributed by atoms with Crippen molar-refractivity contribution >= 4 is 22.6 Å². The van der Waals surface area contributed by atoms with E-state index in [2.05, 4.69) is 5.32 Å². The number of carbonyl (C=O) groups excluding carboxylic acids is 2. The first kappa shape index (κ1) is 17.9. The molecule has 0 aromatic heterocycles. The molecule has 6 nitrogen and oxygen atoms in total. The predicted octanol–water partition coefficient (Wildman–Crippen LogP) is 2.95. The number of rotatable bonds is 5. The molecule has 4 rings (SSSR count). The van der Waals surface area contributed by atoms with Gasteiger partial charge in [0, 0.05) is 5.56 Å². The van der Waals surface area contributed by atoms with Crippen LogP contribution >= 0.6 is 0 Å². The minimum atomic E-state index is -0.531. The molecule has 0 aliphatic carbocycles. The molecule has 0 radical (unpaired) electrons. The quantitative estimate of drug-likeness (QED) is 0.692. The van der Waals surface area contributed by atoms with Gasteiger partial charge in [-0.1, -0.05) is 42.5 Å². The van der Waals surface area contributed by atoms with E-state index in [1.54, 1.807) is 18.2 Å². The van der Waals surface area contributed by atoms with Gasteiger partial charge in [0.2, 0.25) is 0 Å². The molecule has 0 saturated heterocycles. The molecule has 0 spiro atoms. The molecule has 1 heterocycles. The number of nitrogens with one attached hydrogen (secondary N) is 1. The van der Waals surface area contributed by atoms with Gasteiger partial charge in [0.15, 0.2) is 17.6 Å². The molecule has 0 bridgehead atoms. The smallest absolute Gasteiger partial charge is 0.325 e.